The average molecular weight is 375 g/mol. The largest absolute Gasteiger partial charge is 0.336 e. The van der Waals surface area contributed by atoms with Crippen molar-refractivity contribution in [1.82, 2.24) is 19.8 Å². The number of aromatic nitrogens is 2. The van der Waals surface area contributed by atoms with Crippen LogP contribution in [0.4, 0.5) is 5.69 Å². The molecule has 28 heavy (non-hydrogen) atoms. The Morgan fingerprint density at radius 3 is 2.39 bits per heavy atom. The molecule has 0 saturated carbocycles. The summed E-state index contributed by atoms with van der Waals surface area (Å²) in [6.07, 6.45) is 3.16. The fourth-order valence-electron chi connectivity index (χ4n) is 3.26. The van der Waals surface area contributed by atoms with Gasteiger partial charge >= 0.3 is 0 Å². The first-order chi connectivity index (χ1) is 13.6. The van der Waals surface area contributed by atoms with Gasteiger partial charge in [-0.25, -0.2) is 0 Å². The van der Waals surface area contributed by atoms with Crippen molar-refractivity contribution in [2.45, 2.75) is 0 Å². The molecular formula is C21H21N5O2. The topological polar surface area (TPSA) is 78.4 Å². The van der Waals surface area contributed by atoms with Gasteiger partial charge in [0.25, 0.3) is 11.8 Å². The predicted molar refractivity (Wildman–Crippen MR) is 107 cm³/mol. The number of anilines is 1. The van der Waals surface area contributed by atoms with Crippen molar-refractivity contribution in [3.05, 3.63) is 66.0 Å². The highest BCUT2D eigenvalue weighted by Gasteiger charge is 2.20. The van der Waals surface area contributed by atoms with Gasteiger partial charge in [-0.15, -0.1) is 0 Å². The minimum Gasteiger partial charge on any atom is -0.336 e. The number of nitrogens with one attached hydrogen (secondary N) is 1. The van der Waals surface area contributed by atoms with Crippen LogP contribution < -0.4 is 5.32 Å². The van der Waals surface area contributed by atoms with E-state index in [9.17, 15) is 9.59 Å². The molecule has 3 aromatic rings. The number of carbonyl (C=O) groups is 2. The third-order valence-corrected chi connectivity index (χ3v) is 4.92. The highest BCUT2D eigenvalue weighted by molar-refractivity contribution is 6.11. The fraction of sp³-hybridized carbons (Fsp3) is 0.238. The van der Waals surface area contributed by atoms with Crippen LogP contribution in [0.25, 0.3) is 11.0 Å². The lowest BCUT2D eigenvalue weighted by Gasteiger charge is -2.32. The van der Waals surface area contributed by atoms with Gasteiger partial charge in [-0.3, -0.25) is 19.6 Å². The number of amides is 2. The van der Waals surface area contributed by atoms with Gasteiger partial charge in [0.2, 0.25) is 0 Å². The molecular weight excluding hydrogens is 354 g/mol. The van der Waals surface area contributed by atoms with Crippen LogP contribution in [0, 0.1) is 0 Å². The van der Waals surface area contributed by atoms with Gasteiger partial charge in [0.1, 0.15) is 5.52 Å². The van der Waals surface area contributed by atoms with Crippen LogP contribution in [0.2, 0.25) is 0 Å². The molecule has 2 aromatic carbocycles. The van der Waals surface area contributed by atoms with Crippen LogP contribution in [0.5, 0.6) is 0 Å². The Hall–Kier alpha value is -3.32. The van der Waals surface area contributed by atoms with Gasteiger partial charge in [0.05, 0.1) is 11.1 Å². The molecule has 1 N–H and O–H groups in total. The molecule has 0 atom stereocenters. The number of likely N-dealkylation sites (N-methyl/N-ethyl adjacent to an activating group) is 1. The van der Waals surface area contributed by atoms with E-state index < -0.39 is 0 Å². The third kappa shape index (κ3) is 3.70. The van der Waals surface area contributed by atoms with Crippen molar-refractivity contribution in [3.63, 3.8) is 0 Å². The Morgan fingerprint density at radius 1 is 0.929 bits per heavy atom. The lowest BCUT2D eigenvalue weighted by molar-refractivity contribution is 0.0664. The second-order valence-electron chi connectivity index (χ2n) is 6.86. The van der Waals surface area contributed by atoms with Crippen LogP contribution in [-0.2, 0) is 0 Å². The Bertz CT molecular complexity index is 1010. The maximum Gasteiger partial charge on any atom is 0.257 e. The zero-order valence-electron chi connectivity index (χ0n) is 15.6. The standard InChI is InChI=1S/C21H21N5O2/c1-25-11-13-26(14-12-25)21(28)15-5-7-16(8-6-15)24-20(27)17-3-2-4-18-19(17)23-10-9-22-18/h2-10H,11-14H2,1H3,(H,24,27). The van der Waals surface area contributed by atoms with E-state index in [1.807, 2.05) is 11.0 Å². The summed E-state index contributed by atoms with van der Waals surface area (Å²) in [5.41, 5.74) is 2.94. The molecule has 0 spiro atoms. The molecule has 1 saturated heterocycles. The van der Waals surface area contributed by atoms with Crippen molar-refractivity contribution < 1.29 is 9.59 Å². The molecule has 4 rings (SSSR count). The summed E-state index contributed by atoms with van der Waals surface area (Å²) < 4.78 is 0. The number of hydrogen-bond acceptors (Lipinski definition) is 5. The van der Waals surface area contributed by atoms with Gasteiger partial charge in [-0.05, 0) is 43.4 Å². The summed E-state index contributed by atoms with van der Waals surface area (Å²) in [6.45, 7) is 3.23. The third-order valence-electron chi connectivity index (χ3n) is 4.92. The van der Waals surface area contributed by atoms with Crippen LogP contribution in [0.1, 0.15) is 20.7 Å². The van der Waals surface area contributed by atoms with Crippen molar-refractivity contribution in [3.8, 4) is 0 Å². The van der Waals surface area contributed by atoms with E-state index >= 15 is 0 Å². The van der Waals surface area contributed by atoms with Crippen molar-refractivity contribution >= 4 is 28.5 Å². The molecule has 0 unspecified atom stereocenters. The smallest absolute Gasteiger partial charge is 0.257 e. The highest BCUT2D eigenvalue weighted by atomic mass is 16.2. The van der Waals surface area contributed by atoms with Crippen molar-refractivity contribution in [2.24, 2.45) is 0 Å². The van der Waals surface area contributed by atoms with Gasteiger partial charge in [0, 0.05) is 49.8 Å². The van der Waals surface area contributed by atoms with E-state index in [-0.39, 0.29) is 11.8 Å². The number of rotatable bonds is 3. The lowest BCUT2D eigenvalue weighted by atomic mass is 10.1. The maximum atomic E-state index is 12.7. The molecule has 1 aliphatic rings. The van der Waals surface area contributed by atoms with E-state index in [4.69, 9.17) is 0 Å². The Kier molecular flexibility index (Phi) is 4.99. The Labute approximate surface area is 163 Å². The number of nitrogens with zero attached hydrogens (tertiary/aromatic N) is 4. The summed E-state index contributed by atoms with van der Waals surface area (Å²) in [7, 11) is 2.06. The minimum atomic E-state index is -0.260. The van der Waals surface area contributed by atoms with E-state index in [0.29, 0.717) is 27.8 Å². The molecule has 1 aromatic heterocycles. The molecule has 2 heterocycles. The first-order valence-electron chi connectivity index (χ1n) is 9.21. The number of benzene rings is 2. The first kappa shape index (κ1) is 18.1. The molecule has 7 nitrogen and oxygen atoms in total. The average Bonchev–Trinajstić information content (AvgIpc) is 2.74. The Morgan fingerprint density at radius 2 is 1.64 bits per heavy atom. The summed E-state index contributed by atoms with van der Waals surface area (Å²) in [6, 6.07) is 12.3. The Balaban J connectivity index is 1.47. The highest BCUT2D eigenvalue weighted by Crippen LogP contribution is 2.17. The minimum absolute atomic E-state index is 0.0234. The molecule has 0 bridgehead atoms. The van der Waals surface area contributed by atoms with Gasteiger partial charge < -0.3 is 15.1 Å². The van der Waals surface area contributed by atoms with E-state index in [1.54, 1.807) is 48.8 Å². The van der Waals surface area contributed by atoms with Crippen LogP contribution in [-0.4, -0.2) is 64.8 Å². The van der Waals surface area contributed by atoms with E-state index in [0.717, 1.165) is 26.2 Å². The number of para-hydroxylation sites is 1. The fourth-order valence-corrected chi connectivity index (χ4v) is 3.26. The molecule has 7 heteroatoms. The van der Waals surface area contributed by atoms with Gasteiger partial charge in [-0.2, -0.15) is 0 Å². The van der Waals surface area contributed by atoms with Crippen LogP contribution >= 0.6 is 0 Å². The summed E-state index contributed by atoms with van der Waals surface area (Å²) in [4.78, 5) is 37.8. The zero-order chi connectivity index (χ0) is 19.5. The SMILES string of the molecule is CN1CCN(C(=O)c2ccc(NC(=O)c3cccc4nccnc34)cc2)CC1. The summed E-state index contributed by atoms with van der Waals surface area (Å²) in [5.74, 6) is -0.237. The molecule has 1 aliphatic heterocycles. The number of piperazine rings is 1. The number of fused-ring (bicyclic) bond motifs is 1. The van der Waals surface area contributed by atoms with Crippen molar-refractivity contribution in [1.29, 1.82) is 0 Å². The van der Waals surface area contributed by atoms with Gasteiger partial charge in [0.15, 0.2) is 0 Å². The second-order valence-corrected chi connectivity index (χ2v) is 6.86. The van der Waals surface area contributed by atoms with E-state index in [1.165, 1.54) is 0 Å². The molecule has 2 amide bonds. The monoisotopic (exact) mass is 375 g/mol. The summed E-state index contributed by atoms with van der Waals surface area (Å²) >= 11 is 0. The van der Waals surface area contributed by atoms with Crippen LogP contribution in [0.15, 0.2) is 54.9 Å². The van der Waals surface area contributed by atoms with E-state index in [2.05, 4.69) is 27.2 Å². The summed E-state index contributed by atoms with van der Waals surface area (Å²) in [5, 5.41) is 2.86. The maximum absolute atomic E-state index is 12.7. The molecule has 1 fully saturated rings. The second kappa shape index (κ2) is 7.74. The van der Waals surface area contributed by atoms with Crippen molar-refractivity contribution in [2.75, 3.05) is 38.5 Å². The van der Waals surface area contributed by atoms with Crippen LogP contribution in [0.3, 0.4) is 0 Å². The predicted octanol–water partition coefficient (Wildman–Crippen LogP) is 2.27. The number of hydrogen-bond donors (Lipinski definition) is 1. The molecule has 142 valence electrons. The zero-order valence-corrected chi connectivity index (χ0v) is 15.6. The number of carbonyl (C=O) groups excluding carboxylic acids is 2. The van der Waals surface area contributed by atoms with Gasteiger partial charge in [-0.1, -0.05) is 6.07 Å². The normalized spacial score (nSPS) is 14.8. The quantitative estimate of drug-likeness (QED) is 0.760. The molecule has 0 radical (unpaired) electrons. The first-order valence-corrected chi connectivity index (χ1v) is 9.21. The molecule has 0 aliphatic carbocycles. The lowest BCUT2D eigenvalue weighted by Crippen LogP contribution is -2.47.